The van der Waals surface area contributed by atoms with Gasteiger partial charge in [0.1, 0.15) is 18.4 Å². The lowest BCUT2D eigenvalue weighted by Crippen LogP contribution is -2.33. The third-order valence-electron chi connectivity index (χ3n) is 4.95. The third kappa shape index (κ3) is 8.55. The molecule has 1 saturated heterocycles. The van der Waals surface area contributed by atoms with Gasteiger partial charge >= 0.3 is 35.1 Å². The summed E-state index contributed by atoms with van der Waals surface area (Å²) in [4.78, 5) is 77.8. The van der Waals surface area contributed by atoms with Crippen molar-refractivity contribution in [3.05, 3.63) is 66.7 Å². The van der Waals surface area contributed by atoms with Crippen LogP contribution in [0.5, 0.6) is 0 Å². The first kappa shape index (κ1) is 31.6. The first-order valence-corrected chi connectivity index (χ1v) is 15.1. The van der Waals surface area contributed by atoms with E-state index >= 15 is 0 Å². The zero-order valence-electron chi connectivity index (χ0n) is 19.9. The Balaban J connectivity index is 1.83. The van der Waals surface area contributed by atoms with Gasteiger partial charge in [-0.25, -0.2) is 23.3 Å². The fourth-order valence-corrected chi connectivity index (χ4v) is 6.38. The zero-order valence-corrected chi connectivity index (χ0v) is 22.6. The Labute approximate surface area is 221 Å². The number of aromatic amines is 1. The summed E-state index contributed by atoms with van der Waals surface area (Å²) in [6.45, 7) is 0.0952. The lowest BCUT2D eigenvalue weighted by molar-refractivity contribution is -0.0518. The van der Waals surface area contributed by atoms with Crippen LogP contribution in [0, 0.1) is 6.92 Å². The van der Waals surface area contributed by atoms with E-state index in [1.54, 1.807) is 0 Å². The van der Waals surface area contributed by atoms with Crippen LogP contribution in [-0.2, 0) is 42.9 Å². The van der Waals surface area contributed by atoms with Gasteiger partial charge in [0.05, 0.1) is 19.4 Å². The number of nitrogens with zero attached hydrogens (tertiary/aromatic N) is 4. The van der Waals surface area contributed by atoms with Crippen molar-refractivity contribution in [2.45, 2.75) is 38.3 Å². The summed E-state index contributed by atoms with van der Waals surface area (Å²) in [6.07, 6.45) is -2.12. The topological polar surface area (TPSA) is 312 Å². The van der Waals surface area contributed by atoms with E-state index in [1.165, 1.54) is 13.0 Å². The summed E-state index contributed by atoms with van der Waals surface area (Å²) in [5, 5.41) is 3.31. The van der Waals surface area contributed by atoms with Gasteiger partial charge in [-0.2, -0.15) is 8.62 Å². The summed E-state index contributed by atoms with van der Waals surface area (Å²) < 4.78 is 63.4. The van der Waals surface area contributed by atoms with Gasteiger partial charge < -0.3 is 33.5 Å². The second-order valence-corrected chi connectivity index (χ2v) is 12.3. The number of aromatic nitrogens is 2. The number of nitrogens with one attached hydrogen (secondary N) is 1. The summed E-state index contributed by atoms with van der Waals surface area (Å²) in [5.74, 6) is -1.46. The molecule has 1 aliphatic rings. The number of phosphoric acid groups is 3. The van der Waals surface area contributed by atoms with Crippen LogP contribution in [0.2, 0.25) is 0 Å². The number of ether oxygens (including phenoxy) is 2. The van der Waals surface area contributed by atoms with Gasteiger partial charge in [-0.15, -0.1) is 0 Å². The van der Waals surface area contributed by atoms with Gasteiger partial charge in [0.2, 0.25) is 5.76 Å². The molecule has 21 nitrogen and oxygen atoms in total. The fourth-order valence-electron chi connectivity index (χ4n) is 3.35. The highest BCUT2D eigenvalue weighted by molar-refractivity contribution is 7.66. The second kappa shape index (κ2) is 12.3. The molecule has 2 aromatic heterocycles. The molecule has 40 heavy (non-hydrogen) atoms. The molecule has 0 amide bonds. The molecule has 24 heteroatoms. The molecule has 1 aliphatic heterocycles. The molecule has 1 fully saturated rings. The van der Waals surface area contributed by atoms with Crippen molar-refractivity contribution in [1.29, 1.82) is 0 Å². The number of carbonyl (C=O) groups is 1. The smallest absolute Gasteiger partial charge is 0.457 e. The maximum absolute atomic E-state index is 12.8. The van der Waals surface area contributed by atoms with Crippen molar-refractivity contribution < 1.29 is 65.1 Å². The summed E-state index contributed by atoms with van der Waals surface area (Å²) in [6, 6.07) is 1.33. The molecule has 2 aromatic rings. The Morgan fingerprint density at radius 1 is 1.23 bits per heavy atom. The van der Waals surface area contributed by atoms with Crippen LogP contribution in [0.25, 0.3) is 10.4 Å². The predicted molar refractivity (Wildman–Crippen MR) is 125 cm³/mol. The number of esters is 1. The van der Waals surface area contributed by atoms with Crippen LogP contribution in [0.3, 0.4) is 0 Å². The van der Waals surface area contributed by atoms with Crippen LogP contribution in [0.4, 0.5) is 0 Å². The van der Waals surface area contributed by atoms with E-state index < -0.39 is 65.7 Å². The van der Waals surface area contributed by atoms with Crippen molar-refractivity contribution in [3.63, 3.8) is 0 Å². The third-order valence-corrected chi connectivity index (χ3v) is 8.75. The van der Waals surface area contributed by atoms with Crippen molar-refractivity contribution in [3.8, 4) is 0 Å². The maximum Gasteiger partial charge on any atom is 0.490 e. The number of carbonyl (C=O) groups excluding carboxylic acids is 1. The number of rotatable bonds is 12. The molecule has 0 spiro atoms. The van der Waals surface area contributed by atoms with Gasteiger partial charge in [0.25, 0.3) is 5.56 Å². The highest BCUT2D eigenvalue weighted by Gasteiger charge is 2.44. The number of H-pyrrole nitrogens is 1. The second-order valence-electron chi connectivity index (χ2n) is 7.84. The average Bonchev–Trinajstić information content (AvgIpc) is 3.43. The van der Waals surface area contributed by atoms with E-state index in [0.29, 0.717) is 0 Å². The van der Waals surface area contributed by atoms with Crippen LogP contribution < -0.4 is 11.2 Å². The van der Waals surface area contributed by atoms with E-state index in [9.17, 15) is 37.9 Å². The van der Waals surface area contributed by atoms with Crippen molar-refractivity contribution in [1.82, 2.24) is 9.55 Å². The molecule has 5 N–H and O–H groups in total. The minimum atomic E-state index is -5.81. The molecule has 5 atom stereocenters. The summed E-state index contributed by atoms with van der Waals surface area (Å²) >= 11 is 0. The molecule has 3 unspecified atom stereocenters. The maximum atomic E-state index is 12.8. The van der Waals surface area contributed by atoms with Crippen molar-refractivity contribution in [2.75, 3.05) is 6.61 Å². The van der Waals surface area contributed by atoms with E-state index in [1.807, 2.05) is 4.98 Å². The van der Waals surface area contributed by atoms with Crippen LogP contribution >= 0.6 is 23.5 Å². The molecule has 3 heterocycles. The minimum Gasteiger partial charge on any atom is -0.457 e. The fraction of sp³-hybridized carbons (Fsp3) is 0.438. The summed E-state index contributed by atoms with van der Waals surface area (Å²) in [7, 11) is -17.0. The molecular formula is C16H20N5O16P3. The largest absolute Gasteiger partial charge is 0.490 e. The number of furan rings is 1. The molecule has 0 radical (unpaired) electrons. The SMILES string of the molecule is Cc1cn([C@H]2CC(OC(=O)c3occc3CN=[N+]=[N-])[C@@H](COP(=O)(O)OP(=O)(O)OP(=O)(O)O)O2)c(=O)[nH]c1=O. The van der Waals surface area contributed by atoms with Gasteiger partial charge in [-0.1, -0.05) is 5.11 Å². The first-order valence-electron chi connectivity index (χ1n) is 10.5. The average molecular weight is 631 g/mol. The van der Waals surface area contributed by atoms with Crippen LogP contribution in [0.15, 0.2) is 37.6 Å². The Hall–Kier alpha value is -2.89. The number of hydrogen-bond donors (Lipinski definition) is 5. The Morgan fingerprint density at radius 2 is 1.93 bits per heavy atom. The summed E-state index contributed by atoms with van der Waals surface area (Å²) in [5.41, 5.74) is 7.16. The van der Waals surface area contributed by atoms with E-state index in [4.69, 9.17) is 29.2 Å². The van der Waals surface area contributed by atoms with E-state index in [2.05, 4.69) is 23.2 Å². The van der Waals surface area contributed by atoms with Gasteiger partial charge in [-0.3, -0.25) is 18.9 Å². The molecule has 0 aromatic carbocycles. The molecular weight excluding hydrogens is 611 g/mol. The van der Waals surface area contributed by atoms with E-state index in [-0.39, 0.29) is 29.9 Å². The van der Waals surface area contributed by atoms with E-state index in [0.717, 1.165) is 17.0 Å². The van der Waals surface area contributed by atoms with Crippen molar-refractivity contribution in [2.24, 2.45) is 5.11 Å². The van der Waals surface area contributed by atoms with Crippen LogP contribution in [0.1, 0.15) is 34.3 Å². The lowest BCUT2D eigenvalue weighted by Gasteiger charge is -2.21. The number of phosphoric ester groups is 1. The minimum absolute atomic E-state index is 0.103. The van der Waals surface area contributed by atoms with Crippen molar-refractivity contribution >= 4 is 29.4 Å². The van der Waals surface area contributed by atoms with Gasteiger partial charge in [0, 0.05) is 28.7 Å². The normalized spacial score (nSPS) is 22.2. The zero-order chi connectivity index (χ0) is 29.9. The van der Waals surface area contributed by atoms with Crippen LogP contribution in [-0.4, -0.2) is 53.9 Å². The highest BCUT2D eigenvalue weighted by atomic mass is 31.3. The van der Waals surface area contributed by atoms with Gasteiger partial charge in [0.15, 0.2) is 0 Å². The molecule has 0 bridgehead atoms. The Morgan fingerprint density at radius 3 is 2.58 bits per heavy atom. The molecule has 220 valence electrons. The molecule has 0 saturated carbocycles. The lowest BCUT2D eigenvalue weighted by atomic mass is 10.2. The standard InChI is InChI=1S/C16H20N5O16P3/c1-8-6-21(16(24)19-14(8)22)12-4-10(35-15(23)13-9(2-3-32-13)5-18-20-17)11(34-12)7-33-39(28,29)37-40(30,31)36-38(25,26)27/h2-3,6,10-12H,4-5,7H2,1H3,(H,28,29)(H,30,31)(H,19,22,24)(H2,25,26,27)/t10?,11-,12-/m1/s1. The predicted octanol–water partition coefficient (Wildman–Crippen LogP) is 1.10. The first-order chi connectivity index (χ1) is 18.5. The monoisotopic (exact) mass is 631 g/mol. The Kier molecular flexibility index (Phi) is 9.74. The number of aryl methyl sites for hydroxylation is 1. The quantitative estimate of drug-likeness (QED) is 0.0720. The Bertz CT molecular complexity index is 1570. The number of azide groups is 1. The highest BCUT2D eigenvalue weighted by Crippen LogP contribution is 2.66. The molecule has 3 rings (SSSR count). The van der Waals surface area contributed by atoms with Gasteiger partial charge in [-0.05, 0) is 18.5 Å². The molecule has 0 aliphatic carbocycles. The number of hydrogen-bond acceptors (Lipinski definition) is 13.